The van der Waals surface area contributed by atoms with Gasteiger partial charge in [0.1, 0.15) is 5.75 Å². The van der Waals surface area contributed by atoms with E-state index in [2.05, 4.69) is 11.3 Å². The summed E-state index contributed by atoms with van der Waals surface area (Å²) in [4.78, 5) is 11.1. The fourth-order valence-corrected chi connectivity index (χ4v) is 1.79. The van der Waals surface area contributed by atoms with E-state index in [9.17, 15) is 4.79 Å². The Morgan fingerprint density at radius 1 is 1.22 bits per heavy atom. The van der Waals surface area contributed by atoms with Crippen LogP contribution in [0.25, 0.3) is 16.8 Å². The first-order valence-corrected chi connectivity index (χ1v) is 5.60. The fourth-order valence-electron chi connectivity index (χ4n) is 1.79. The Hall–Kier alpha value is -2.29. The van der Waals surface area contributed by atoms with E-state index in [-0.39, 0.29) is 6.61 Å². The molecule has 0 saturated heterocycles. The monoisotopic (exact) mass is 242 g/mol. The normalized spacial score (nSPS) is 10.1. The Morgan fingerprint density at radius 3 is 2.61 bits per heavy atom. The molecule has 0 amide bonds. The molecule has 2 aromatic carbocycles. The van der Waals surface area contributed by atoms with Crippen molar-refractivity contribution in [3.8, 4) is 5.75 Å². The molecular formula is C15H14O3. The molecular weight excluding hydrogens is 228 g/mol. The Morgan fingerprint density at radius 2 is 1.94 bits per heavy atom. The second kappa shape index (κ2) is 5.36. The highest BCUT2D eigenvalue weighted by atomic mass is 16.6. The van der Waals surface area contributed by atoms with Crippen LogP contribution >= 0.6 is 0 Å². The molecule has 2 aromatic rings. The van der Waals surface area contributed by atoms with Crippen LogP contribution in [0, 0.1) is 0 Å². The molecule has 0 fully saturated rings. The third-order valence-corrected chi connectivity index (χ3v) is 2.71. The van der Waals surface area contributed by atoms with Crippen molar-refractivity contribution in [1.29, 1.82) is 0 Å². The zero-order valence-corrected chi connectivity index (χ0v) is 10.2. The Kier molecular flexibility index (Phi) is 3.63. The third-order valence-electron chi connectivity index (χ3n) is 2.71. The number of carbonyl (C=O) groups is 1. The van der Waals surface area contributed by atoms with Crippen LogP contribution in [0.15, 0.2) is 43.0 Å². The number of fused-ring (bicyclic) bond motifs is 1. The molecule has 0 radical (unpaired) electrons. The van der Waals surface area contributed by atoms with Gasteiger partial charge in [-0.15, -0.1) is 0 Å². The van der Waals surface area contributed by atoms with Gasteiger partial charge in [-0.3, -0.25) is 0 Å². The molecule has 0 aromatic heterocycles. The minimum atomic E-state index is -0.396. The molecule has 0 unspecified atom stereocenters. The summed E-state index contributed by atoms with van der Waals surface area (Å²) in [7, 11) is 1.34. The van der Waals surface area contributed by atoms with Gasteiger partial charge in [0.2, 0.25) is 0 Å². The van der Waals surface area contributed by atoms with Crippen molar-refractivity contribution in [3.05, 3.63) is 48.5 Å². The van der Waals surface area contributed by atoms with Crippen molar-refractivity contribution in [1.82, 2.24) is 0 Å². The van der Waals surface area contributed by atoms with Crippen LogP contribution in [0.5, 0.6) is 5.75 Å². The van der Waals surface area contributed by atoms with Gasteiger partial charge < -0.3 is 9.47 Å². The third kappa shape index (κ3) is 2.35. The molecule has 0 aliphatic heterocycles. The van der Waals surface area contributed by atoms with E-state index in [1.54, 1.807) is 6.08 Å². The zero-order valence-electron chi connectivity index (χ0n) is 10.2. The maximum atomic E-state index is 11.1. The zero-order chi connectivity index (χ0) is 13.0. The standard InChI is InChI=1S/C15H14O3/c1-3-11-8-9-14(18-10-15(16)17-2)13-7-5-4-6-12(11)13/h3-9H,1,10H2,2H3. The van der Waals surface area contributed by atoms with Crippen LogP contribution < -0.4 is 4.74 Å². The first kappa shape index (κ1) is 12.2. The summed E-state index contributed by atoms with van der Waals surface area (Å²) in [6, 6.07) is 11.6. The van der Waals surface area contributed by atoms with Crippen LogP contribution in [0.1, 0.15) is 5.56 Å². The van der Waals surface area contributed by atoms with Gasteiger partial charge in [0.15, 0.2) is 6.61 Å². The number of carbonyl (C=O) groups excluding carboxylic acids is 1. The first-order chi connectivity index (χ1) is 8.76. The van der Waals surface area contributed by atoms with Gasteiger partial charge in [0, 0.05) is 5.39 Å². The average molecular weight is 242 g/mol. The van der Waals surface area contributed by atoms with Crippen molar-refractivity contribution >= 4 is 22.8 Å². The lowest BCUT2D eigenvalue weighted by atomic mass is 10.0. The molecule has 0 N–H and O–H groups in total. The summed E-state index contributed by atoms with van der Waals surface area (Å²) in [5.41, 5.74) is 1.04. The van der Waals surface area contributed by atoms with Crippen molar-refractivity contribution < 1.29 is 14.3 Å². The lowest BCUT2D eigenvalue weighted by Gasteiger charge is -2.10. The Balaban J connectivity index is 2.40. The molecule has 92 valence electrons. The van der Waals surface area contributed by atoms with Crippen molar-refractivity contribution in [2.75, 3.05) is 13.7 Å². The van der Waals surface area contributed by atoms with Crippen LogP contribution in [-0.4, -0.2) is 19.7 Å². The molecule has 0 atom stereocenters. The van der Waals surface area contributed by atoms with E-state index < -0.39 is 5.97 Å². The molecule has 0 aliphatic carbocycles. The molecule has 0 aliphatic rings. The summed E-state index contributed by atoms with van der Waals surface area (Å²) >= 11 is 0. The smallest absolute Gasteiger partial charge is 0.343 e. The lowest BCUT2D eigenvalue weighted by Crippen LogP contribution is -2.12. The first-order valence-electron chi connectivity index (χ1n) is 5.60. The van der Waals surface area contributed by atoms with Crippen LogP contribution in [0.2, 0.25) is 0 Å². The summed E-state index contributed by atoms with van der Waals surface area (Å²) in [6.07, 6.45) is 1.80. The lowest BCUT2D eigenvalue weighted by molar-refractivity contribution is -0.142. The van der Waals surface area contributed by atoms with Gasteiger partial charge in [0.05, 0.1) is 7.11 Å². The maximum Gasteiger partial charge on any atom is 0.343 e. The van der Waals surface area contributed by atoms with Gasteiger partial charge in [-0.05, 0) is 17.0 Å². The molecule has 18 heavy (non-hydrogen) atoms. The largest absolute Gasteiger partial charge is 0.481 e. The Labute approximate surface area is 106 Å². The molecule has 0 spiro atoms. The van der Waals surface area contributed by atoms with Gasteiger partial charge in [0.25, 0.3) is 0 Å². The summed E-state index contributed by atoms with van der Waals surface area (Å²) in [5, 5.41) is 2.01. The highest BCUT2D eigenvalue weighted by molar-refractivity contribution is 5.94. The number of methoxy groups -OCH3 is 1. The molecule has 3 heteroatoms. The number of hydrogen-bond donors (Lipinski definition) is 0. The van der Waals surface area contributed by atoms with Gasteiger partial charge in [-0.2, -0.15) is 0 Å². The number of benzene rings is 2. The predicted molar refractivity (Wildman–Crippen MR) is 71.6 cm³/mol. The highest BCUT2D eigenvalue weighted by Gasteiger charge is 2.07. The van der Waals surface area contributed by atoms with E-state index in [4.69, 9.17) is 4.74 Å². The van der Waals surface area contributed by atoms with E-state index in [1.807, 2.05) is 36.4 Å². The average Bonchev–Trinajstić information content (AvgIpc) is 2.44. The quantitative estimate of drug-likeness (QED) is 0.773. The molecule has 0 heterocycles. The van der Waals surface area contributed by atoms with Gasteiger partial charge in [-0.1, -0.05) is 43.0 Å². The number of ether oxygens (including phenoxy) is 2. The second-order valence-corrected chi connectivity index (χ2v) is 3.77. The molecule has 0 bridgehead atoms. The number of esters is 1. The second-order valence-electron chi connectivity index (χ2n) is 3.77. The van der Waals surface area contributed by atoms with E-state index in [0.717, 1.165) is 16.3 Å². The highest BCUT2D eigenvalue weighted by Crippen LogP contribution is 2.29. The summed E-state index contributed by atoms with van der Waals surface area (Å²) in [5.74, 6) is 0.272. The van der Waals surface area contributed by atoms with Crippen molar-refractivity contribution in [3.63, 3.8) is 0 Å². The van der Waals surface area contributed by atoms with E-state index >= 15 is 0 Å². The van der Waals surface area contributed by atoms with E-state index in [1.165, 1.54) is 7.11 Å². The molecule has 2 rings (SSSR count). The fraction of sp³-hybridized carbons (Fsp3) is 0.133. The number of hydrogen-bond acceptors (Lipinski definition) is 3. The predicted octanol–water partition coefficient (Wildman–Crippen LogP) is 3.03. The van der Waals surface area contributed by atoms with Gasteiger partial charge in [-0.25, -0.2) is 4.79 Å². The maximum absolute atomic E-state index is 11.1. The summed E-state index contributed by atoms with van der Waals surface area (Å²) < 4.78 is 10.0. The van der Waals surface area contributed by atoms with Gasteiger partial charge >= 0.3 is 5.97 Å². The SMILES string of the molecule is C=Cc1ccc(OCC(=O)OC)c2ccccc12. The van der Waals surface area contributed by atoms with Crippen molar-refractivity contribution in [2.24, 2.45) is 0 Å². The van der Waals surface area contributed by atoms with Crippen LogP contribution in [-0.2, 0) is 9.53 Å². The van der Waals surface area contributed by atoms with Crippen LogP contribution in [0.4, 0.5) is 0 Å². The molecule has 3 nitrogen and oxygen atoms in total. The minimum absolute atomic E-state index is 0.0894. The summed E-state index contributed by atoms with van der Waals surface area (Å²) in [6.45, 7) is 3.69. The topological polar surface area (TPSA) is 35.5 Å². The van der Waals surface area contributed by atoms with E-state index in [0.29, 0.717) is 5.75 Å². The number of rotatable bonds is 4. The minimum Gasteiger partial charge on any atom is -0.481 e. The molecule has 0 saturated carbocycles. The Bertz CT molecular complexity index is 587. The van der Waals surface area contributed by atoms with Crippen LogP contribution in [0.3, 0.4) is 0 Å². The van der Waals surface area contributed by atoms with Crippen molar-refractivity contribution in [2.45, 2.75) is 0 Å².